The van der Waals surface area contributed by atoms with Crippen molar-refractivity contribution in [2.45, 2.75) is 25.4 Å². The van der Waals surface area contributed by atoms with E-state index in [1.54, 1.807) is 25.3 Å². The summed E-state index contributed by atoms with van der Waals surface area (Å²) in [6.07, 6.45) is 6.63. The minimum Gasteiger partial charge on any atom is -0.497 e. The molecule has 1 aliphatic rings. The molecule has 6 nitrogen and oxygen atoms in total. The summed E-state index contributed by atoms with van der Waals surface area (Å²) in [7, 11) is 3.10. The Hall–Kier alpha value is -2.21. The van der Waals surface area contributed by atoms with Gasteiger partial charge >= 0.3 is 6.03 Å². The SMILES string of the molecule is COc1ccc(OC)c(C(O)CNC(=O)NCC2CC=CCC2)c1. The van der Waals surface area contributed by atoms with Crippen LogP contribution in [0.25, 0.3) is 0 Å². The molecule has 0 bridgehead atoms. The van der Waals surface area contributed by atoms with Crippen LogP contribution in [0.4, 0.5) is 4.79 Å². The minimum absolute atomic E-state index is 0.0972. The average molecular weight is 334 g/mol. The molecule has 0 spiro atoms. The summed E-state index contributed by atoms with van der Waals surface area (Å²) < 4.78 is 10.4. The summed E-state index contributed by atoms with van der Waals surface area (Å²) in [6, 6.07) is 4.92. The van der Waals surface area contributed by atoms with Gasteiger partial charge in [0.25, 0.3) is 0 Å². The lowest BCUT2D eigenvalue weighted by Gasteiger charge is -2.19. The van der Waals surface area contributed by atoms with Gasteiger partial charge < -0.3 is 25.2 Å². The molecule has 132 valence electrons. The Morgan fingerprint density at radius 1 is 1.29 bits per heavy atom. The first-order chi connectivity index (χ1) is 11.6. The first kappa shape index (κ1) is 18.1. The molecule has 1 aromatic rings. The Kier molecular flexibility index (Phi) is 6.93. The fraction of sp³-hybridized carbons (Fsp3) is 0.500. The molecule has 0 fully saturated rings. The Bertz CT molecular complexity index is 574. The number of rotatable bonds is 7. The number of ether oxygens (including phenoxy) is 2. The topological polar surface area (TPSA) is 79.8 Å². The van der Waals surface area contributed by atoms with Crippen molar-refractivity contribution in [1.82, 2.24) is 10.6 Å². The van der Waals surface area contributed by atoms with E-state index in [1.807, 2.05) is 0 Å². The number of urea groups is 1. The lowest BCUT2D eigenvalue weighted by molar-refractivity contribution is 0.168. The fourth-order valence-corrected chi connectivity index (χ4v) is 2.74. The van der Waals surface area contributed by atoms with Gasteiger partial charge in [-0.15, -0.1) is 0 Å². The van der Waals surface area contributed by atoms with E-state index in [-0.39, 0.29) is 12.6 Å². The Labute approximate surface area is 142 Å². The molecule has 6 heteroatoms. The fourth-order valence-electron chi connectivity index (χ4n) is 2.74. The molecular formula is C18H26N2O4. The van der Waals surface area contributed by atoms with E-state index in [1.165, 1.54) is 7.11 Å². The molecule has 0 aliphatic heterocycles. The normalized spacial score (nSPS) is 17.9. The maximum absolute atomic E-state index is 11.9. The zero-order chi connectivity index (χ0) is 17.4. The van der Waals surface area contributed by atoms with Crippen LogP contribution in [-0.4, -0.2) is 38.4 Å². The van der Waals surface area contributed by atoms with E-state index < -0.39 is 6.10 Å². The predicted octanol–water partition coefficient (Wildman–Crippen LogP) is 2.39. The van der Waals surface area contributed by atoms with Gasteiger partial charge in [0.05, 0.1) is 14.2 Å². The van der Waals surface area contributed by atoms with Crippen molar-refractivity contribution in [3.05, 3.63) is 35.9 Å². The molecule has 0 saturated carbocycles. The van der Waals surface area contributed by atoms with Crippen LogP contribution in [0.1, 0.15) is 30.9 Å². The summed E-state index contributed by atoms with van der Waals surface area (Å²) in [6.45, 7) is 0.745. The molecule has 0 saturated heterocycles. The van der Waals surface area contributed by atoms with Crippen molar-refractivity contribution >= 4 is 6.03 Å². The van der Waals surface area contributed by atoms with E-state index in [0.717, 1.165) is 19.3 Å². The van der Waals surface area contributed by atoms with Gasteiger partial charge in [0, 0.05) is 18.7 Å². The highest BCUT2D eigenvalue weighted by atomic mass is 16.5. The third kappa shape index (κ3) is 5.16. The van der Waals surface area contributed by atoms with Gasteiger partial charge in [0.15, 0.2) is 0 Å². The van der Waals surface area contributed by atoms with Crippen molar-refractivity contribution in [2.75, 3.05) is 27.3 Å². The van der Waals surface area contributed by atoms with E-state index in [0.29, 0.717) is 29.5 Å². The second-order valence-corrected chi connectivity index (χ2v) is 5.87. The second kappa shape index (κ2) is 9.17. The maximum Gasteiger partial charge on any atom is 0.314 e. The van der Waals surface area contributed by atoms with Gasteiger partial charge in [-0.25, -0.2) is 4.79 Å². The number of benzene rings is 1. The number of methoxy groups -OCH3 is 2. The molecule has 2 atom stereocenters. The number of aliphatic hydroxyl groups is 1. The van der Waals surface area contributed by atoms with Crippen molar-refractivity contribution in [2.24, 2.45) is 5.92 Å². The maximum atomic E-state index is 11.9. The molecule has 0 aromatic heterocycles. The van der Waals surface area contributed by atoms with Crippen LogP contribution in [-0.2, 0) is 0 Å². The number of hydrogen-bond donors (Lipinski definition) is 3. The molecule has 2 unspecified atom stereocenters. The molecule has 3 N–H and O–H groups in total. The summed E-state index contributed by atoms with van der Waals surface area (Å²) in [5, 5.41) is 15.9. The standard InChI is InChI=1S/C18H26N2O4/c1-23-14-8-9-17(24-2)15(10-14)16(21)12-20-18(22)19-11-13-6-4-3-5-7-13/h3-4,8-10,13,16,21H,5-7,11-12H2,1-2H3,(H2,19,20,22). The Morgan fingerprint density at radius 3 is 2.79 bits per heavy atom. The number of nitrogens with one attached hydrogen (secondary N) is 2. The summed E-state index contributed by atoms with van der Waals surface area (Å²) in [5.74, 6) is 1.67. The molecule has 1 aliphatic carbocycles. The van der Waals surface area contributed by atoms with Gasteiger partial charge in [-0.1, -0.05) is 12.2 Å². The molecular weight excluding hydrogens is 308 g/mol. The molecule has 2 amide bonds. The Morgan fingerprint density at radius 2 is 2.12 bits per heavy atom. The first-order valence-corrected chi connectivity index (χ1v) is 8.20. The largest absolute Gasteiger partial charge is 0.497 e. The van der Waals surface area contributed by atoms with Gasteiger partial charge in [0.2, 0.25) is 0 Å². The molecule has 1 aromatic carbocycles. The van der Waals surface area contributed by atoms with Crippen molar-refractivity contribution in [3.8, 4) is 11.5 Å². The van der Waals surface area contributed by atoms with E-state index >= 15 is 0 Å². The first-order valence-electron chi connectivity index (χ1n) is 8.20. The molecule has 2 rings (SSSR count). The van der Waals surface area contributed by atoms with Crippen LogP contribution in [0, 0.1) is 5.92 Å². The summed E-state index contributed by atoms with van der Waals surface area (Å²) >= 11 is 0. The number of amides is 2. The van der Waals surface area contributed by atoms with Gasteiger partial charge in [-0.05, 0) is 43.4 Å². The highest BCUT2D eigenvalue weighted by molar-refractivity contribution is 5.73. The molecule has 0 heterocycles. The van der Waals surface area contributed by atoms with Crippen LogP contribution < -0.4 is 20.1 Å². The molecule has 0 radical (unpaired) electrons. The Balaban J connectivity index is 1.82. The van der Waals surface area contributed by atoms with Crippen LogP contribution in [0.15, 0.2) is 30.4 Å². The zero-order valence-corrected chi connectivity index (χ0v) is 14.2. The third-order valence-electron chi connectivity index (χ3n) is 4.18. The lowest BCUT2D eigenvalue weighted by atomic mass is 9.94. The number of carbonyl (C=O) groups excluding carboxylic acids is 1. The van der Waals surface area contributed by atoms with E-state index in [4.69, 9.17) is 9.47 Å². The van der Waals surface area contributed by atoms with E-state index in [9.17, 15) is 9.90 Å². The van der Waals surface area contributed by atoms with Gasteiger partial charge in [-0.2, -0.15) is 0 Å². The van der Waals surface area contributed by atoms with Crippen molar-refractivity contribution < 1.29 is 19.4 Å². The van der Waals surface area contributed by atoms with Crippen LogP contribution in [0.3, 0.4) is 0 Å². The number of carbonyl (C=O) groups is 1. The zero-order valence-electron chi connectivity index (χ0n) is 14.2. The number of allylic oxidation sites excluding steroid dienone is 2. The molecule has 24 heavy (non-hydrogen) atoms. The van der Waals surface area contributed by atoms with Crippen molar-refractivity contribution in [3.63, 3.8) is 0 Å². The monoisotopic (exact) mass is 334 g/mol. The van der Waals surface area contributed by atoms with E-state index in [2.05, 4.69) is 22.8 Å². The summed E-state index contributed by atoms with van der Waals surface area (Å²) in [4.78, 5) is 11.9. The quantitative estimate of drug-likeness (QED) is 0.669. The highest BCUT2D eigenvalue weighted by Crippen LogP contribution is 2.29. The smallest absolute Gasteiger partial charge is 0.314 e. The van der Waals surface area contributed by atoms with Crippen molar-refractivity contribution in [1.29, 1.82) is 0 Å². The third-order valence-corrected chi connectivity index (χ3v) is 4.18. The second-order valence-electron chi connectivity index (χ2n) is 5.87. The lowest BCUT2D eigenvalue weighted by Crippen LogP contribution is -2.40. The van der Waals surface area contributed by atoms with Crippen LogP contribution >= 0.6 is 0 Å². The van der Waals surface area contributed by atoms with Gasteiger partial charge in [0.1, 0.15) is 17.6 Å². The number of hydrogen-bond acceptors (Lipinski definition) is 4. The number of aliphatic hydroxyl groups excluding tert-OH is 1. The summed E-state index contributed by atoms with van der Waals surface area (Å²) in [5.41, 5.74) is 0.578. The van der Waals surface area contributed by atoms with Crippen LogP contribution in [0.2, 0.25) is 0 Å². The van der Waals surface area contributed by atoms with Crippen LogP contribution in [0.5, 0.6) is 11.5 Å². The average Bonchev–Trinajstić information content (AvgIpc) is 2.64. The highest BCUT2D eigenvalue weighted by Gasteiger charge is 2.16. The predicted molar refractivity (Wildman–Crippen MR) is 92.4 cm³/mol. The minimum atomic E-state index is -0.876. The van der Waals surface area contributed by atoms with Gasteiger partial charge in [-0.3, -0.25) is 0 Å².